The van der Waals surface area contributed by atoms with Crippen molar-refractivity contribution in [2.75, 3.05) is 66.2 Å². The zero-order valence-corrected chi connectivity index (χ0v) is 21.4. The summed E-state index contributed by atoms with van der Waals surface area (Å²) in [5.74, 6) is 0.291. The number of rotatable bonds is 5. The van der Waals surface area contributed by atoms with E-state index in [9.17, 15) is 4.79 Å². The number of carbonyl (C=O) groups excluding carboxylic acids is 1. The van der Waals surface area contributed by atoms with E-state index in [2.05, 4.69) is 70.2 Å². The molecule has 0 unspecified atom stereocenters. The molecule has 3 aliphatic rings. The fourth-order valence-corrected chi connectivity index (χ4v) is 5.38. The van der Waals surface area contributed by atoms with Crippen molar-refractivity contribution in [1.82, 2.24) is 14.7 Å². The van der Waals surface area contributed by atoms with E-state index in [0.717, 1.165) is 65.4 Å². The van der Waals surface area contributed by atoms with Crippen LogP contribution in [0.2, 0.25) is 0 Å². The molecular formula is C29H41N3O3. The number of hydrogen-bond donors (Lipinski definition) is 0. The fourth-order valence-electron chi connectivity index (χ4n) is 5.38. The van der Waals surface area contributed by atoms with E-state index < -0.39 is 0 Å². The monoisotopic (exact) mass is 479 g/mol. The first-order chi connectivity index (χ1) is 17.2. The first-order valence-electron chi connectivity index (χ1n) is 13.1. The second-order valence-corrected chi connectivity index (χ2v) is 9.85. The lowest BCUT2D eigenvalue weighted by Gasteiger charge is -2.51. The van der Waals surface area contributed by atoms with Crippen LogP contribution in [0.3, 0.4) is 0 Å². The molecule has 6 heteroatoms. The Labute approximate surface area is 210 Å². The largest absolute Gasteiger partial charge is 0.383 e. The molecule has 2 aromatic carbocycles. The highest BCUT2D eigenvalue weighted by molar-refractivity contribution is 5.78. The number of carbonyl (C=O) groups is 1. The maximum Gasteiger partial charge on any atom is 0.236 e. The van der Waals surface area contributed by atoms with Gasteiger partial charge in [0.15, 0.2) is 0 Å². The van der Waals surface area contributed by atoms with Gasteiger partial charge in [0.2, 0.25) is 5.91 Å². The zero-order chi connectivity index (χ0) is 24.5. The van der Waals surface area contributed by atoms with E-state index in [-0.39, 0.29) is 0 Å². The van der Waals surface area contributed by atoms with E-state index in [1.165, 1.54) is 23.1 Å². The zero-order valence-electron chi connectivity index (χ0n) is 21.4. The minimum Gasteiger partial charge on any atom is -0.383 e. The van der Waals surface area contributed by atoms with Crippen LogP contribution < -0.4 is 0 Å². The quantitative estimate of drug-likeness (QED) is 0.655. The number of aryl methyl sites for hydroxylation is 1. The number of morpholine rings is 1. The summed E-state index contributed by atoms with van der Waals surface area (Å²) in [7, 11) is 1.77. The lowest BCUT2D eigenvalue weighted by Crippen LogP contribution is -2.63. The van der Waals surface area contributed by atoms with E-state index in [1.54, 1.807) is 7.11 Å². The molecule has 2 atom stereocenters. The number of methoxy groups -OCH3 is 1. The lowest BCUT2D eigenvalue weighted by atomic mass is 9.91. The summed E-state index contributed by atoms with van der Waals surface area (Å²) >= 11 is 0. The smallest absolute Gasteiger partial charge is 0.236 e. The van der Waals surface area contributed by atoms with Crippen molar-refractivity contribution in [3.63, 3.8) is 0 Å². The van der Waals surface area contributed by atoms with Crippen LogP contribution in [0.4, 0.5) is 0 Å². The van der Waals surface area contributed by atoms with Crippen LogP contribution in [0.5, 0.6) is 0 Å². The predicted octanol–water partition coefficient (Wildman–Crippen LogP) is 3.69. The predicted molar refractivity (Wildman–Crippen MR) is 140 cm³/mol. The van der Waals surface area contributed by atoms with Crippen LogP contribution in [0, 0.1) is 6.92 Å². The maximum atomic E-state index is 12.6. The van der Waals surface area contributed by atoms with Gasteiger partial charge in [0.1, 0.15) is 0 Å². The molecular weight excluding hydrogens is 438 g/mol. The Morgan fingerprint density at radius 3 is 2.43 bits per heavy atom. The van der Waals surface area contributed by atoms with Gasteiger partial charge in [0.25, 0.3) is 0 Å². The first kappa shape index (κ1) is 25.8. The Bertz CT molecular complexity index is 916. The summed E-state index contributed by atoms with van der Waals surface area (Å²) in [5, 5.41) is 0. The third-order valence-corrected chi connectivity index (χ3v) is 7.41. The maximum absolute atomic E-state index is 12.6. The molecule has 3 aliphatic heterocycles. The highest BCUT2D eigenvalue weighted by Gasteiger charge is 2.40. The summed E-state index contributed by atoms with van der Waals surface area (Å²) in [4.78, 5) is 19.5. The normalized spacial score (nSPS) is 23.2. The van der Waals surface area contributed by atoms with Crippen LogP contribution in [0.1, 0.15) is 24.8 Å². The van der Waals surface area contributed by atoms with Crippen LogP contribution in [-0.2, 0) is 14.3 Å². The molecule has 0 aromatic heterocycles. The molecule has 6 nitrogen and oxygen atoms in total. The highest BCUT2D eigenvalue weighted by Crippen LogP contribution is 2.29. The number of benzene rings is 2. The van der Waals surface area contributed by atoms with Gasteiger partial charge in [-0.3, -0.25) is 14.6 Å². The molecule has 190 valence electrons. The molecule has 3 heterocycles. The minimum atomic E-state index is 0.291. The number of fused-ring (bicyclic) bond motifs is 1. The summed E-state index contributed by atoms with van der Waals surface area (Å²) in [6, 6.07) is 20.0. The molecule has 5 rings (SSSR count). The molecule has 0 aliphatic carbocycles. The van der Waals surface area contributed by atoms with Gasteiger partial charge in [-0.05, 0) is 49.4 Å². The third kappa shape index (κ3) is 7.14. The Morgan fingerprint density at radius 2 is 1.69 bits per heavy atom. The van der Waals surface area contributed by atoms with Gasteiger partial charge >= 0.3 is 0 Å². The fraction of sp³-hybridized carbons (Fsp3) is 0.552. The molecule has 3 fully saturated rings. The van der Waals surface area contributed by atoms with Crippen molar-refractivity contribution < 1.29 is 14.3 Å². The molecule has 3 saturated heterocycles. The number of nitrogens with zero attached hydrogens (tertiary/aromatic N) is 3. The highest BCUT2D eigenvalue weighted by atomic mass is 16.5. The molecule has 35 heavy (non-hydrogen) atoms. The van der Waals surface area contributed by atoms with Crippen molar-refractivity contribution in [2.24, 2.45) is 0 Å². The van der Waals surface area contributed by atoms with Crippen molar-refractivity contribution >= 4 is 5.91 Å². The van der Waals surface area contributed by atoms with Crippen LogP contribution in [0.25, 0.3) is 11.1 Å². The van der Waals surface area contributed by atoms with E-state index >= 15 is 0 Å². The van der Waals surface area contributed by atoms with Gasteiger partial charge in [-0.15, -0.1) is 0 Å². The van der Waals surface area contributed by atoms with Crippen molar-refractivity contribution in [3.05, 3.63) is 60.2 Å². The Balaban J connectivity index is 0.000000189. The summed E-state index contributed by atoms with van der Waals surface area (Å²) in [6.07, 6.45) is 3.45. The molecule has 0 bridgehead atoms. The Morgan fingerprint density at radius 1 is 0.971 bits per heavy atom. The second-order valence-electron chi connectivity index (χ2n) is 9.85. The lowest BCUT2D eigenvalue weighted by molar-refractivity contribution is -0.137. The topological polar surface area (TPSA) is 45.3 Å². The van der Waals surface area contributed by atoms with Gasteiger partial charge < -0.3 is 14.4 Å². The van der Waals surface area contributed by atoms with Gasteiger partial charge in [0.05, 0.1) is 26.4 Å². The SMILES string of the molecule is COC[C@@H]1C[C@@H]2CN(C(=O)CN3CCOCC3)CCCCN12.Cc1ccccc1-c1ccccc1. The average Bonchev–Trinajstić information content (AvgIpc) is 2.87. The summed E-state index contributed by atoms with van der Waals surface area (Å²) < 4.78 is 10.7. The second kappa shape index (κ2) is 13.2. The molecule has 0 spiro atoms. The molecule has 0 N–H and O–H groups in total. The van der Waals surface area contributed by atoms with Gasteiger partial charge in [0, 0.05) is 45.4 Å². The average molecular weight is 480 g/mol. The number of amides is 1. The standard InChI is InChI=1S/C16H29N3O3.C13H12/c1-21-13-15-10-14-11-18(4-2-3-5-19(14)15)16(20)12-17-6-8-22-9-7-17;1-11-7-5-6-10-13(11)12-8-3-2-4-9-12/h14-15H,2-13H2,1H3;2-10H,1H3/t14-,15+;/m1./s1. The van der Waals surface area contributed by atoms with Gasteiger partial charge in [-0.25, -0.2) is 0 Å². The van der Waals surface area contributed by atoms with Crippen LogP contribution in [-0.4, -0.2) is 98.9 Å². The molecule has 0 saturated carbocycles. The van der Waals surface area contributed by atoms with Crippen LogP contribution in [0.15, 0.2) is 54.6 Å². The van der Waals surface area contributed by atoms with E-state index in [4.69, 9.17) is 9.47 Å². The first-order valence-corrected chi connectivity index (χ1v) is 13.1. The Hall–Kier alpha value is -2.25. The molecule has 2 aromatic rings. The van der Waals surface area contributed by atoms with Gasteiger partial charge in [-0.2, -0.15) is 0 Å². The summed E-state index contributed by atoms with van der Waals surface area (Å²) in [6.45, 7) is 9.75. The van der Waals surface area contributed by atoms with E-state index in [0.29, 0.717) is 24.5 Å². The van der Waals surface area contributed by atoms with Gasteiger partial charge in [-0.1, -0.05) is 54.6 Å². The van der Waals surface area contributed by atoms with Crippen molar-refractivity contribution in [2.45, 2.75) is 38.3 Å². The van der Waals surface area contributed by atoms with E-state index in [1.807, 2.05) is 6.07 Å². The van der Waals surface area contributed by atoms with Crippen molar-refractivity contribution in [1.29, 1.82) is 0 Å². The number of ether oxygens (including phenoxy) is 2. The molecule has 1 amide bonds. The molecule has 0 radical (unpaired) electrons. The summed E-state index contributed by atoms with van der Waals surface area (Å²) in [5.41, 5.74) is 3.94. The van der Waals surface area contributed by atoms with Crippen LogP contribution >= 0.6 is 0 Å². The number of hydrogen-bond acceptors (Lipinski definition) is 5. The van der Waals surface area contributed by atoms with Crippen molar-refractivity contribution in [3.8, 4) is 11.1 Å². The Kier molecular flexibility index (Phi) is 9.72. The third-order valence-electron chi connectivity index (χ3n) is 7.41. The minimum absolute atomic E-state index is 0.291.